The van der Waals surface area contributed by atoms with Crippen LogP contribution in [0, 0.1) is 0 Å². The normalized spacial score (nSPS) is 16.3. The number of anilines is 1. The van der Waals surface area contributed by atoms with Gasteiger partial charge < -0.3 is 10.6 Å². The molecule has 0 radical (unpaired) electrons. The quantitative estimate of drug-likeness (QED) is 0.471. The molecule has 1 aromatic carbocycles. The fraction of sp³-hybridized carbons (Fsp3) is 0.227. The van der Waals surface area contributed by atoms with Gasteiger partial charge in [-0.25, -0.2) is 9.97 Å². The molecule has 5 rings (SSSR count). The van der Waals surface area contributed by atoms with Crippen LogP contribution in [0.4, 0.5) is 5.69 Å². The lowest BCUT2D eigenvalue weighted by atomic mass is 10.1. The maximum Gasteiger partial charge on any atom is 0.263 e. The second-order valence-corrected chi connectivity index (χ2v) is 9.23. The van der Waals surface area contributed by atoms with Crippen molar-refractivity contribution < 1.29 is 4.79 Å². The molecular formula is C22H20N4OS2. The van der Waals surface area contributed by atoms with Gasteiger partial charge in [0.25, 0.3) is 5.91 Å². The maximum atomic E-state index is 12.6. The number of aryl methyl sites for hydroxylation is 1. The highest BCUT2D eigenvalue weighted by Gasteiger charge is 2.25. The summed E-state index contributed by atoms with van der Waals surface area (Å²) >= 11 is 3.15. The van der Waals surface area contributed by atoms with Crippen LogP contribution in [0.25, 0.3) is 37.6 Å². The van der Waals surface area contributed by atoms with E-state index in [1.54, 1.807) is 17.4 Å². The summed E-state index contributed by atoms with van der Waals surface area (Å²) in [6, 6.07) is 8.38. The predicted octanol–water partition coefficient (Wildman–Crippen LogP) is 5.32. The fourth-order valence-corrected chi connectivity index (χ4v) is 5.82. The lowest BCUT2D eigenvalue weighted by Gasteiger charge is -2.10. The molecule has 0 spiro atoms. The summed E-state index contributed by atoms with van der Waals surface area (Å²) < 4.78 is 1.09. The second-order valence-electron chi connectivity index (χ2n) is 7.15. The van der Waals surface area contributed by atoms with Gasteiger partial charge >= 0.3 is 0 Å². The molecule has 0 bridgehead atoms. The Kier molecular flexibility index (Phi) is 4.37. The number of amides is 1. The highest BCUT2D eigenvalue weighted by Crippen LogP contribution is 2.41. The van der Waals surface area contributed by atoms with Gasteiger partial charge in [-0.2, -0.15) is 0 Å². The van der Waals surface area contributed by atoms with E-state index >= 15 is 0 Å². The summed E-state index contributed by atoms with van der Waals surface area (Å²) in [5.74, 6) is -0.00867. The summed E-state index contributed by atoms with van der Waals surface area (Å²) in [4.78, 5) is 24.0. The van der Waals surface area contributed by atoms with E-state index in [9.17, 15) is 4.79 Å². The first kappa shape index (κ1) is 18.3. The minimum absolute atomic E-state index is 0.00867. The second kappa shape index (κ2) is 6.93. The number of thiophene rings is 1. The summed E-state index contributed by atoms with van der Waals surface area (Å²) in [6.07, 6.45) is 2.64. The van der Waals surface area contributed by atoms with E-state index in [4.69, 9.17) is 4.98 Å². The third-order valence-corrected chi connectivity index (χ3v) is 7.42. The lowest BCUT2D eigenvalue weighted by Crippen LogP contribution is -2.34. The topological polar surface area (TPSA) is 66.9 Å². The Labute approximate surface area is 176 Å². The zero-order valence-corrected chi connectivity index (χ0v) is 17.8. The van der Waals surface area contributed by atoms with Crippen LogP contribution in [0.1, 0.15) is 34.2 Å². The Morgan fingerprint density at radius 3 is 2.86 bits per heavy atom. The van der Waals surface area contributed by atoms with Crippen molar-refractivity contribution in [1.29, 1.82) is 0 Å². The molecule has 0 saturated carbocycles. The Morgan fingerprint density at radius 2 is 2.07 bits per heavy atom. The standard InChI is InChI=1S/C22H20N4OS2/c1-4-13-20(29-17(5-2)26-13)15-7-6-12-14(25-15)8-9-16-18(12)19-21(28-16)22(27)24-11(3)10-23-19/h5-9,11,23H,2,4,10H2,1,3H3,(H,24,27)/t11-/m1/s1. The number of nitrogens with zero attached hydrogens (tertiary/aromatic N) is 2. The number of fused-ring (bicyclic) bond motifs is 5. The minimum atomic E-state index is -0.00867. The predicted molar refractivity (Wildman–Crippen MR) is 123 cm³/mol. The molecule has 1 atom stereocenters. The number of hydrogen-bond donors (Lipinski definition) is 2. The van der Waals surface area contributed by atoms with E-state index in [2.05, 4.69) is 47.3 Å². The molecule has 4 heterocycles. The van der Waals surface area contributed by atoms with E-state index < -0.39 is 0 Å². The SMILES string of the molecule is C=Cc1nc(CC)c(-c2ccc3c(ccc4sc5c(c43)NC[C@@H](C)NC5=O)n2)s1. The monoisotopic (exact) mass is 420 g/mol. The van der Waals surface area contributed by atoms with Gasteiger partial charge in [0.05, 0.1) is 27.5 Å². The molecule has 0 aliphatic carbocycles. The van der Waals surface area contributed by atoms with Crippen molar-refractivity contribution in [3.05, 3.63) is 46.4 Å². The number of carbonyl (C=O) groups is 1. The summed E-state index contributed by atoms with van der Waals surface area (Å²) in [5, 5.41) is 9.57. The van der Waals surface area contributed by atoms with Crippen LogP contribution in [0.3, 0.4) is 0 Å². The van der Waals surface area contributed by atoms with Crippen molar-refractivity contribution in [1.82, 2.24) is 15.3 Å². The molecule has 1 aliphatic heterocycles. The van der Waals surface area contributed by atoms with E-state index in [0.29, 0.717) is 6.54 Å². The number of thiazole rings is 1. The van der Waals surface area contributed by atoms with Crippen LogP contribution in [-0.2, 0) is 6.42 Å². The lowest BCUT2D eigenvalue weighted by molar-refractivity contribution is 0.0949. The first-order chi connectivity index (χ1) is 14.1. The van der Waals surface area contributed by atoms with Crippen LogP contribution in [0.2, 0.25) is 0 Å². The number of pyridine rings is 1. The van der Waals surface area contributed by atoms with Gasteiger partial charge in [-0.3, -0.25) is 4.79 Å². The molecule has 29 heavy (non-hydrogen) atoms. The molecule has 146 valence electrons. The Hall–Kier alpha value is -2.77. The molecule has 3 aromatic heterocycles. The van der Waals surface area contributed by atoms with Crippen LogP contribution in [0.15, 0.2) is 30.8 Å². The van der Waals surface area contributed by atoms with Crippen LogP contribution < -0.4 is 10.6 Å². The van der Waals surface area contributed by atoms with Crippen molar-refractivity contribution in [3.63, 3.8) is 0 Å². The van der Waals surface area contributed by atoms with E-state index in [0.717, 1.165) is 59.2 Å². The van der Waals surface area contributed by atoms with Crippen LogP contribution in [0.5, 0.6) is 0 Å². The molecule has 1 aliphatic rings. The van der Waals surface area contributed by atoms with Gasteiger partial charge in [0.15, 0.2) is 0 Å². The third-order valence-electron chi connectivity index (χ3n) is 5.15. The molecule has 2 N–H and O–H groups in total. The molecular weight excluding hydrogens is 400 g/mol. The summed E-state index contributed by atoms with van der Waals surface area (Å²) in [7, 11) is 0. The van der Waals surface area contributed by atoms with Crippen molar-refractivity contribution >= 4 is 61.3 Å². The highest BCUT2D eigenvalue weighted by atomic mass is 32.1. The fourth-order valence-electron chi connectivity index (χ4n) is 3.75. The van der Waals surface area contributed by atoms with Gasteiger partial charge in [-0.05, 0) is 43.7 Å². The minimum Gasteiger partial charge on any atom is -0.381 e. The Balaban J connectivity index is 1.71. The number of aromatic nitrogens is 2. The first-order valence-electron chi connectivity index (χ1n) is 9.62. The largest absolute Gasteiger partial charge is 0.381 e. The molecule has 1 amide bonds. The molecule has 4 aromatic rings. The van der Waals surface area contributed by atoms with E-state index in [1.165, 1.54) is 11.3 Å². The van der Waals surface area contributed by atoms with Gasteiger partial charge in [-0.1, -0.05) is 13.5 Å². The average Bonchev–Trinajstić information content (AvgIpc) is 3.29. The van der Waals surface area contributed by atoms with Gasteiger partial charge in [0.2, 0.25) is 0 Å². The number of rotatable bonds is 3. The van der Waals surface area contributed by atoms with Gasteiger partial charge in [-0.15, -0.1) is 22.7 Å². The third kappa shape index (κ3) is 2.92. The number of hydrogen-bond acceptors (Lipinski definition) is 6. The maximum absolute atomic E-state index is 12.6. The van der Waals surface area contributed by atoms with Crippen molar-refractivity contribution in [2.75, 3.05) is 11.9 Å². The zero-order valence-electron chi connectivity index (χ0n) is 16.2. The number of benzene rings is 1. The van der Waals surface area contributed by atoms with Crippen molar-refractivity contribution in [3.8, 4) is 10.6 Å². The van der Waals surface area contributed by atoms with Gasteiger partial charge in [0, 0.05) is 28.1 Å². The highest BCUT2D eigenvalue weighted by molar-refractivity contribution is 7.21. The van der Waals surface area contributed by atoms with E-state index in [1.807, 2.05) is 13.0 Å². The van der Waals surface area contributed by atoms with Crippen LogP contribution >= 0.6 is 22.7 Å². The van der Waals surface area contributed by atoms with Gasteiger partial charge in [0.1, 0.15) is 9.88 Å². The zero-order chi connectivity index (χ0) is 20.1. The number of carbonyl (C=O) groups excluding carboxylic acids is 1. The average molecular weight is 421 g/mol. The Morgan fingerprint density at radius 1 is 1.21 bits per heavy atom. The summed E-state index contributed by atoms with van der Waals surface area (Å²) in [6.45, 7) is 8.66. The molecule has 5 nitrogen and oxygen atoms in total. The molecule has 7 heteroatoms. The Bertz CT molecular complexity index is 1290. The molecule has 0 unspecified atom stereocenters. The molecule has 0 fully saturated rings. The van der Waals surface area contributed by atoms with Crippen molar-refractivity contribution in [2.45, 2.75) is 26.3 Å². The first-order valence-corrected chi connectivity index (χ1v) is 11.3. The smallest absolute Gasteiger partial charge is 0.263 e. The number of nitrogens with one attached hydrogen (secondary N) is 2. The summed E-state index contributed by atoms with van der Waals surface area (Å²) in [5.41, 5.74) is 3.83. The molecule has 0 saturated heterocycles. The van der Waals surface area contributed by atoms with Crippen molar-refractivity contribution in [2.24, 2.45) is 0 Å². The van der Waals surface area contributed by atoms with E-state index in [-0.39, 0.29) is 11.9 Å². The van der Waals surface area contributed by atoms with Crippen LogP contribution in [-0.4, -0.2) is 28.5 Å².